The third-order valence-electron chi connectivity index (χ3n) is 6.28. The summed E-state index contributed by atoms with van der Waals surface area (Å²) in [5.74, 6) is 0.672. The second-order valence-electron chi connectivity index (χ2n) is 8.18. The smallest absolute Gasteiger partial charge is 0.248 e. The van der Waals surface area contributed by atoms with E-state index in [-0.39, 0.29) is 22.4 Å². The van der Waals surface area contributed by atoms with E-state index in [0.717, 1.165) is 19.3 Å². The maximum atomic E-state index is 13.1. The van der Waals surface area contributed by atoms with Gasteiger partial charge in [-0.2, -0.15) is 0 Å². The molecule has 6 heteroatoms. The zero-order valence-electron chi connectivity index (χ0n) is 14.1. The molecule has 1 aromatic rings. The topological polar surface area (TPSA) is 115 Å². The normalized spacial score (nSPS) is 32.4. The molecule has 3 amide bonds. The molecule has 5 N–H and O–H groups in total. The lowest BCUT2D eigenvalue weighted by molar-refractivity contribution is -0.140. The maximum Gasteiger partial charge on any atom is 0.248 e. The van der Waals surface area contributed by atoms with E-state index in [9.17, 15) is 14.4 Å². The van der Waals surface area contributed by atoms with Crippen molar-refractivity contribution in [2.75, 3.05) is 5.32 Å². The van der Waals surface area contributed by atoms with Gasteiger partial charge in [0.15, 0.2) is 0 Å². The molecule has 4 saturated carbocycles. The van der Waals surface area contributed by atoms with E-state index < -0.39 is 11.8 Å². The van der Waals surface area contributed by atoms with Crippen LogP contribution in [0.25, 0.3) is 0 Å². The first-order chi connectivity index (χ1) is 11.8. The predicted molar refractivity (Wildman–Crippen MR) is 92.7 cm³/mol. The van der Waals surface area contributed by atoms with E-state index in [1.165, 1.54) is 37.5 Å². The van der Waals surface area contributed by atoms with Crippen LogP contribution >= 0.6 is 0 Å². The molecule has 0 radical (unpaired) electrons. The highest BCUT2D eigenvalue weighted by atomic mass is 16.2. The van der Waals surface area contributed by atoms with Crippen LogP contribution in [0.2, 0.25) is 0 Å². The number of anilines is 1. The van der Waals surface area contributed by atoms with Gasteiger partial charge in [0.1, 0.15) is 0 Å². The lowest BCUT2D eigenvalue weighted by atomic mass is 9.49. The van der Waals surface area contributed by atoms with E-state index in [1.54, 1.807) is 0 Å². The van der Waals surface area contributed by atoms with Crippen molar-refractivity contribution in [2.24, 2.45) is 34.6 Å². The van der Waals surface area contributed by atoms with Crippen molar-refractivity contribution in [3.63, 3.8) is 0 Å². The minimum Gasteiger partial charge on any atom is -0.366 e. The van der Waals surface area contributed by atoms with Gasteiger partial charge in [-0.1, -0.05) is 0 Å². The third kappa shape index (κ3) is 2.79. The first kappa shape index (κ1) is 16.1. The van der Waals surface area contributed by atoms with Gasteiger partial charge < -0.3 is 16.8 Å². The summed E-state index contributed by atoms with van der Waals surface area (Å²) in [4.78, 5) is 36.1. The monoisotopic (exact) mass is 341 g/mol. The Labute approximate surface area is 146 Å². The Bertz CT molecular complexity index is 704. The molecule has 4 aliphatic carbocycles. The molecule has 4 bridgehead atoms. The van der Waals surface area contributed by atoms with Crippen LogP contribution in [0.15, 0.2) is 18.2 Å². The molecular formula is C19H23N3O3. The average Bonchev–Trinajstić information content (AvgIpc) is 2.53. The highest BCUT2D eigenvalue weighted by molar-refractivity contribution is 6.02. The largest absolute Gasteiger partial charge is 0.366 e. The van der Waals surface area contributed by atoms with E-state index in [1.807, 2.05) is 0 Å². The quantitative estimate of drug-likeness (QED) is 0.778. The van der Waals surface area contributed by atoms with Gasteiger partial charge in [0.05, 0.1) is 5.41 Å². The standard InChI is InChI=1S/C19H23N3O3/c20-16(23)13-4-14(17(21)24)6-15(5-13)22-18(25)19-7-10-1-11(8-19)3-12(2-10)9-19/h4-6,10-12H,1-3,7-9H2,(H2,20,23)(H2,21,24)(H,22,25). The number of nitrogens with two attached hydrogens (primary N) is 2. The van der Waals surface area contributed by atoms with Gasteiger partial charge in [-0.3, -0.25) is 14.4 Å². The molecule has 25 heavy (non-hydrogen) atoms. The number of carbonyl (C=O) groups excluding carboxylic acids is 3. The molecule has 0 unspecified atom stereocenters. The Morgan fingerprint density at radius 1 is 0.840 bits per heavy atom. The Morgan fingerprint density at radius 3 is 1.68 bits per heavy atom. The molecule has 4 aliphatic rings. The number of amides is 3. The Balaban J connectivity index is 1.61. The highest BCUT2D eigenvalue weighted by Crippen LogP contribution is 2.60. The van der Waals surface area contributed by atoms with Crippen LogP contribution in [-0.2, 0) is 4.79 Å². The van der Waals surface area contributed by atoms with Gasteiger partial charge in [-0.05, 0) is 74.5 Å². The van der Waals surface area contributed by atoms with Crippen LogP contribution in [0.3, 0.4) is 0 Å². The number of hydrogen-bond donors (Lipinski definition) is 3. The number of benzene rings is 1. The summed E-state index contributed by atoms with van der Waals surface area (Å²) in [6, 6.07) is 4.37. The Kier molecular flexibility index (Phi) is 3.60. The van der Waals surface area contributed by atoms with Gasteiger partial charge in [0, 0.05) is 16.8 Å². The van der Waals surface area contributed by atoms with E-state index >= 15 is 0 Å². The molecule has 4 fully saturated rings. The molecule has 0 spiro atoms. The Morgan fingerprint density at radius 2 is 1.28 bits per heavy atom. The van der Waals surface area contributed by atoms with Gasteiger partial charge in [-0.15, -0.1) is 0 Å². The van der Waals surface area contributed by atoms with E-state index in [0.29, 0.717) is 23.4 Å². The number of hydrogen-bond acceptors (Lipinski definition) is 3. The molecule has 0 atom stereocenters. The number of rotatable bonds is 4. The lowest BCUT2D eigenvalue weighted by Crippen LogP contribution is -2.51. The summed E-state index contributed by atoms with van der Waals surface area (Å²) in [6.07, 6.45) is 6.62. The highest BCUT2D eigenvalue weighted by Gasteiger charge is 2.54. The fraction of sp³-hybridized carbons (Fsp3) is 0.526. The van der Waals surface area contributed by atoms with E-state index in [2.05, 4.69) is 5.32 Å². The average molecular weight is 341 g/mol. The Hall–Kier alpha value is -2.37. The molecule has 0 saturated heterocycles. The van der Waals surface area contributed by atoms with Crippen molar-refractivity contribution in [1.82, 2.24) is 0 Å². The molecule has 132 valence electrons. The second kappa shape index (κ2) is 5.58. The predicted octanol–water partition coefficient (Wildman–Crippen LogP) is 2.04. The van der Waals surface area contributed by atoms with Crippen LogP contribution in [0.1, 0.15) is 59.2 Å². The maximum absolute atomic E-state index is 13.1. The zero-order chi connectivity index (χ0) is 17.8. The van der Waals surface area contributed by atoms with Crippen LogP contribution in [0, 0.1) is 23.2 Å². The van der Waals surface area contributed by atoms with Crippen molar-refractivity contribution in [3.8, 4) is 0 Å². The van der Waals surface area contributed by atoms with Crippen LogP contribution in [0.5, 0.6) is 0 Å². The molecular weight excluding hydrogens is 318 g/mol. The number of nitrogens with one attached hydrogen (secondary N) is 1. The first-order valence-corrected chi connectivity index (χ1v) is 8.91. The SMILES string of the molecule is NC(=O)c1cc(NC(=O)C23CC4CC(CC(C4)C2)C3)cc(C(N)=O)c1. The molecule has 5 rings (SSSR count). The molecule has 0 aromatic heterocycles. The first-order valence-electron chi connectivity index (χ1n) is 8.91. The molecule has 6 nitrogen and oxygen atoms in total. The second-order valence-corrected chi connectivity index (χ2v) is 8.18. The van der Waals surface area contributed by atoms with Gasteiger partial charge >= 0.3 is 0 Å². The summed E-state index contributed by atoms with van der Waals surface area (Å²) in [7, 11) is 0. The van der Waals surface area contributed by atoms with Gasteiger partial charge in [-0.25, -0.2) is 0 Å². The number of primary amides is 2. The lowest BCUT2D eigenvalue weighted by Gasteiger charge is -2.55. The van der Waals surface area contributed by atoms with Crippen LogP contribution < -0.4 is 16.8 Å². The fourth-order valence-electron chi connectivity index (χ4n) is 5.64. The molecule has 0 aliphatic heterocycles. The van der Waals surface area contributed by atoms with Crippen molar-refractivity contribution in [3.05, 3.63) is 29.3 Å². The fourth-order valence-corrected chi connectivity index (χ4v) is 5.64. The molecule has 1 aromatic carbocycles. The minimum atomic E-state index is -0.659. The summed E-state index contributed by atoms with van der Waals surface area (Å²) in [5.41, 5.74) is 11.1. The van der Waals surface area contributed by atoms with Gasteiger partial charge in [0.25, 0.3) is 0 Å². The minimum absolute atomic E-state index is 0.00337. The number of carbonyl (C=O) groups is 3. The van der Waals surface area contributed by atoms with Crippen LogP contribution in [-0.4, -0.2) is 17.7 Å². The van der Waals surface area contributed by atoms with Crippen molar-refractivity contribution in [1.29, 1.82) is 0 Å². The van der Waals surface area contributed by atoms with Crippen LogP contribution in [0.4, 0.5) is 5.69 Å². The molecule has 0 heterocycles. The van der Waals surface area contributed by atoms with Crippen molar-refractivity contribution < 1.29 is 14.4 Å². The third-order valence-corrected chi connectivity index (χ3v) is 6.28. The van der Waals surface area contributed by atoms with E-state index in [4.69, 9.17) is 11.5 Å². The summed E-state index contributed by atoms with van der Waals surface area (Å²) < 4.78 is 0. The summed E-state index contributed by atoms with van der Waals surface area (Å²) >= 11 is 0. The van der Waals surface area contributed by atoms with Crippen molar-refractivity contribution >= 4 is 23.4 Å². The summed E-state index contributed by atoms with van der Waals surface area (Å²) in [6.45, 7) is 0. The van der Waals surface area contributed by atoms with Crippen molar-refractivity contribution in [2.45, 2.75) is 38.5 Å². The summed E-state index contributed by atoms with van der Waals surface area (Å²) in [5, 5.41) is 2.94. The zero-order valence-corrected chi connectivity index (χ0v) is 14.1. The van der Waals surface area contributed by atoms with Gasteiger partial charge in [0.2, 0.25) is 17.7 Å².